The zero-order chi connectivity index (χ0) is 21.4. The minimum Gasteiger partial charge on any atom is -0.480 e. The summed E-state index contributed by atoms with van der Waals surface area (Å²) in [5, 5.41) is 12.4. The zero-order valence-electron chi connectivity index (χ0n) is 17.5. The number of carbonyl (C=O) groups is 1. The Morgan fingerprint density at radius 3 is 2.60 bits per heavy atom. The minimum absolute atomic E-state index is 0.267. The molecule has 1 aliphatic rings. The highest BCUT2D eigenvalue weighted by Gasteiger charge is 2.43. The number of likely N-dealkylation sites (N-methyl/N-ethyl adjacent to an activating group) is 1. The summed E-state index contributed by atoms with van der Waals surface area (Å²) >= 11 is 0. The quantitative estimate of drug-likeness (QED) is 0.634. The maximum absolute atomic E-state index is 14.1. The van der Waals surface area contributed by atoms with Crippen molar-refractivity contribution >= 4 is 22.4 Å². The van der Waals surface area contributed by atoms with Crippen LogP contribution >= 0.6 is 0 Å². The number of benzene rings is 3. The fraction of sp³-hybridized carbons (Fsp3) is 0.320. The van der Waals surface area contributed by atoms with E-state index in [4.69, 9.17) is 0 Å². The average Bonchev–Trinajstić information content (AvgIpc) is 3.00. The molecule has 3 aromatic carbocycles. The highest BCUT2D eigenvalue weighted by atomic mass is 19.1. The second-order valence-electron chi connectivity index (χ2n) is 8.39. The fourth-order valence-corrected chi connectivity index (χ4v) is 4.44. The van der Waals surface area contributed by atoms with Gasteiger partial charge < -0.3 is 14.9 Å². The number of carboxylic acid groups (broad SMARTS) is 1. The summed E-state index contributed by atoms with van der Waals surface area (Å²) in [4.78, 5) is 16.5. The summed E-state index contributed by atoms with van der Waals surface area (Å²) in [5.74, 6) is -1.52. The molecule has 0 fully saturated rings. The van der Waals surface area contributed by atoms with E-state index in [0.717, 1.165) is 27.6 Å². The van der Waals surface area contributed by atoms with Gasteiger partial charge in [-0.15, -0.1) is 0 Å². The molecule has 5 heteroatoms. The summed E-state index contributed by atoms with van der Waals surface area (Å²) < 4.78 is 14.1. The Bertz CT molecular complexity index is 1080. The predicted molar refractivity (Wildman–Crippen MR) is 118 cm³/mol. The number of carboxylic acids is 1. The third kappa shape index (κ3) is 3.65. The van der Waals surface area contributed by atoms with E-state index < -0.39 is 12.0 Å². The molecule has 4 rings (SSSR count). The van der Waals surface area contributed by atoms with Crippen LogP contribution in [-0.4, -0.2) is 41.7 Å². The topological polar surface area (TPSA) is 43.8 Å². The molecular weight excluding hydrogens is 379 g/mol. The van der Waals surface area contributed by atoms with Gasteiger partial charge in [-0.1, -0.05) is 42.5 Å². The first-order valence-corrected chi connectivity index (χ1v) is 10.3. The molecule has 0 aliphatic carbocycles. The molecular formula is C25H27FN2O2. The molecule has 0 radical (unpaired) electrons. The molecule has 0 saturated carbocycles. The van der Waals surface area contributed by atoms with Gasteiger partial charge in [-0.3, -0.25) is 0 Å². The van der Waals surface area contributed by atoms with E-state index in [0.29, 0.717) is 13.1 Å². The van der Waals surface area contributed by atoms with Crippen molar-refractivity contribution in [1.29, 1.82) is 0 Å². The number of aliphatic carboxylic acids is 1. The molecule has 0 spiro atoms. The Morgan fingerprint density at radius 1 is 1.13 bits per heavy atom. The van der Waals surface area contributed by atoms with Gasteiger partial charge in [-0.25, -0.2) is 9.18 Å². The molecule has 0 amide bonds. The Morgan fingerprint density at radius 2 is 1.87 bits per heavy atom. The van der Waals surface area contributed by atoms with Gasteiger partial charge in [0.15, 0.2) is 0 Å². The van der Waals surface area contributed by atoms with Crippen LogP contribution in [0.5, 0.6) is 0 Å². The highest BCUT2D eigenvalue weighted by molar-refractivity contribution is 5.88. The van der Waals surface area contributed by atoms with E-state index in [2.05, 4.69) is 36.9 Å². The van der Waals surface area contributed by atoms with Crippen LogP contribution in [-0.2, 0) is 11.3 Å². The van der Waals surface area contributed by atoms with E-state index >= 15 is 0 Å². The van der Waals surface area contributed by atoms with Crippen LogP contribution in [0.4, 0.5) is 10.1 Å². The lowest BCUT2D eigenvalue weighted by molar-refractivity contribution is -0.139. The molecule has 2 atom stereocenters. The lowest BCUT2D eigenvalue weighted by atomic mass is 9.93. The third-order valence-electron chi connectivity index (χ3n) is 6.26. The van der Waals surface area contributed by atoms with E-state index in [1.807, 2.05) is 36.2 Å². The number of hydrogen-bond donors (Lipinski definition) is 1. The monoisotopic (exact) mass is 406 g/mol. The van der Waals surface area contributed by atoms with Crippen LogP contribution in [0.1, 0.15) is 30.9 Å². The molecule has 30 heavy (non-hydrogen) atoms. The summed E-state index contributed by atoms with van der Waals surface area (Å²) in [7, 11) is 1.98. The van der Waals surface area contributed by atoms with Gasteiger partial charge in [-0.05, 0) is 61.0 Å². The van der Waals surface area contributed by atoms with E-state index in [9.17, 15) is 14.3 Å². The molecule has 1 N–H and O–H groups in total. The van der Waals surface area contributed by atoms with Crippen LogP contribution in [0.2, 0.25) is 0 Å². The van der Waals surface area contributed by atoms with Gasteiger partial charge in [0.1, 0.15) is 11.9 Å². The number of fused-ring (bicyclic) bond motifs is 2. The SMILES string of the molecule is CC(C)N(C)CC1c2cc(F)ccc2N(Cc2cccc3ccccc23)C1C(=O)O. The first-order chi connectivity index (χ1) is 14.4. The molecule has 4 nitrogen and oxygen atoms in total. The second kappa shape index (κ2) is 8.07. The summed E-state index contributed by atoms with van der Waals surface area (Å²) in [6.45, 7) is 5.16. The largest absolute Gasteiger partial charge is 0.480 e. The van der Waals surface area contributed by atoms with Crippen LogP contribution in [0.3, 0.4) is 0 Å². The smallest absolute Gasteiger partial charge is 0.327 e. The van der Waals surface area contributed by atoms with Gasteiger partial charge in [-0.2, -0.15) is 0 Å². The van der Waals surface area contributed by atoms with Crippen molar-refractivity contribution in [2.45, 2.75) is 38.4 Å². The standard InChI is InChI=1S/C25H27FN2O2/c1-16(2)27(3)15-22-21-13-19(26)11-12-23(21)28(24(22)25(29)30)14-18-9-6-8-17-7-4-5-10-20(17)18/h4-13,16,22,24H,14-15H2,1-3H3,(H,29,30). The maximum atomic E-state index is 14.1. The van der Waals surface area contributed by atoms with Crippen molar-refractivity contribution in [1.82, 2.24) is 4.90 Å². The molecule has 1 aliphatic heterocycles. The molecule has 1 heterocycles. The molecule has 0 bridgehead atoms. The van der Waals surface area contributed by atoms with Crippen molar-refractivity contribution < 1.29 is 14.3 Å². The number of hydrogen-bond acceptors (Lipinski definition) is 3. The predicted octanol–water partition coefficient (Wildman–Crippen LogP) is 4.88. The Labute approximate surface area is 176 Å². The molecule has 2 unspecified atom stereocenters. The average molecular weight is 407 g/mol. The number of halogens is 1. The van der Waals surface area contributed by atoms with Gasteiger partial charge in [0.05, 0.1) is 0 Å². The van der Waals surface area contributed by atoms with Crippen LogP contribution in [0.25, 0.3) is 10.8 Å². The minimum atomic E-state index is -0.881. The lowest BCUT2D eigenvalue weighted by Gasteiger charge is -2.31. The van der Waals surface area contributed by atoms with E-state index in [-0.39, 0.29) is 17.8 Å². The highest BCUT2D eigenvalue weighted by Crippen LogP contribution is 2.43. The van der Waals surface area contributed by atoms with Crippen molar-refractivity contribution in [3.8, 4) is 0 Å². The van der Waals surface area contributed by atoms with Crippen LogP contribution in [0, 0.1) is 5.82 Å². The van der Waals surface area contributed by atoms with Gasteiger partial charge in [0.25, 0.3) is 0 Å². The van der Waals surface area contributed by atoms with E-state index in [1.54, 1.807) is 6.07 Å². The maximum Gasteiger partial charge on any atom is 0.327 e. The number of anilines is 1. The summed E-state index contributed by atoms with van der Waals surface area (Å²) in [6.07, 6.45) is 0. The van der Waals surface area contributed by atoms with E-state index in [1.165, 1.54) is 12.1 Å². The number of nitrogens with zero attached hydrogens (tertiary/aromatic N) is 2. The second-order valence-corrected chi connectivity index (χ2v) is 8.39. The normalized spacial score (nSPS) is 18.4. The Balaban J connectivity index is 1.79. The van der Waals surface area contributed by atoms with Gasteiger partial charge in [0.2, 0.25) is 0 Å². The van der Waals surface area contributed by atoms with Crippen molar-refractivity contribution in [2.75, 3.05) is 18.5 Å². The van der Waals surface area contributed by atoms with Crippen LogP contribution in [0.15, 0.2) is 60.7 Å². The first kappa shape index (κ1) is 20.4. The Hall–Kier alpha value is -2.92. The summed E-state index contributed by atoms with van der Waals surface area (Å²) in [6, 6.07) is 18.4. The lowest BCUT2D eigenvalue weighted by Crippen LogP contribution is -2.44. The molecule has 0 aromatic heterocycles. The third-order valence-corrected chi connectivity index (χ3v) is 6.26. The number of rotatable bonds is 6. The van der Waals surface area contributed by atoms with Crippen molar-refractivity contribution in [3.05, 3.63) is 77.6 Å². The molecule has 0 saturated heterocycles. The van der Waals surface area contributed by atoms with Crippen molar-refractivity contribution in [3.63, 3.8) is 0 Å². The molecule has 156 valence electrons. The van der Waals surface area contributed by atoms with Gasteiger partial charge in [0, 0.05) is 30.7 Å². The first-order valence-electron chi connectivity index (χ1n) is 10.3. The Kier molecular flexibility index (Phi) is 5.48. The summed E-state index contributed by atoms with van der Waals surface area (Å²) in [5.41, 5.74) is 2.64. The van der Waals surface area contributed by atoms with Crippen molar-refractivity contribution in [2.24, 2.45) is 0 Å². The fourth-order valence-electron chi connectivity index (χ4n) is 4.44. The van der Waals surface area contributed by atoms with Crippen LogP contribution < -0.4 is 4.90 Å². The zero-order valence-corrected chi connectivity index (χ0v) is 17.5. The molecule has 3 aromatic rings. The van der Waals surface area contributed by atoms with Gasteiger partial charge >= 0.3 is 5.97 Å².